The molecule has 5 heteroatoms. The summed E-state index contributed by atoms with van der Waals surface area (Å²) in [5.41, 5.74) is 7.01. The molecule has 2 aromatic rings. The van der Waals surface area contributed by atoms with Crippen LogP contribution in [0.15, 0.2) is 30.3 Å². The van der Waals surface area contributed by atoms with Crippen LogP contribution in [0.2, 0.25) is 0 Å². The van der Waals surface area contributed by atoms with Crippen LogP contribution in [0.3, 0.4) is 0 Å². The second kappa shape index (κ2) is 8.20. The monoisotopic (exact) mass is 436 g/mol. The van der Waals surface area contributed by atoms with Crippen molar-refractivity contribution in [1.29, 1.82) is 0 Å². The van der Waals surface area contributed by atoms with Crippen molar-refractivity contribution in [2.24, 2.45) is 0 Å². The van der Waals surface area contributed by atoms with Crippen LogP contribution in [0.4, 0.5) is 16.2 Å². The Bertz CT molecular complexity index is 1030. The van der Waals surface area contributed by atoms with Gasteiger partial charge in [-0.05, 0) is 58.7 Å². The van der Waals surface area contributed by atoms with Gasteiger partial charge < -0.3 is 9.84 Å². The summed E-state index contributed by atoms with van der Waals surface area (Å²) in [6.45, 7) is 17.7. The number of nitrogens with zero attached hydrogens (tertiary/aromatic N) is 2. The van der Waals surface area contributed by atoms with Crippen LogP contribution in [0.1, 0.15) is 62.4 Å². The fraction of sp³-hybridized carbons (Fsp3) is 0.519. The van der Waals surface area contributed by atoms with Crippen LogP contribution >= 0.6 is 0 Å². The number of aryl methyl sites for hydroxylation is 1. The summed E-state index contributed by atoms with van der Waals surface area (Å²) < 4.78 is 5.45. The Kier molecular flexibility index (Phi) is 5.84. The molecule has 0 unspecified atom stereocenters. The lowest BCUT2D eigenvalue weighted by molar-refractivity contribution is 0.0384. The van der Waals surface area contributed by atoms with Gasteiger partial charge >= 0.3 is 6.09 Å². The lowest BCUT2D eigenvalue weighted by atomic mass is 9.66. The van der Waals surface area contributed by atoms with E-state index in [4.69, 9.17) is 4.74 Å². The Hall–Kier alpha value is -2.37. The summed E-state index contributed by atoms with van der Waals surface area (Å²) in [6, 6.07) is 10.5. The number of carbonyl (C=O) groups is 1. The second-order valence-electron chi connectivity index (χ2n) is 10.7. The van der Waals surface area contributed by atoms with Crippen molar-refractivity contribution in [3.8, 4) is 0 Å². The van der Waals surface area contributed by atoms with E-state index in [-0.39, 0.29) is 10.8 Å². The number of benzene rings is 2. The molecule has 2 aliphatic rings. The zero-order valence-electron chi connectivity index (χ0n) is 20.3. The SMILES string of the molecule is Cc1ccc2c(c1C(C)(C)C)C(C)(C)c1ccc(CCN3CCOCC3)cc1N2C(=O)O. The zero-order chi connectivity index (χ0) is 23.3. The van der Waals surface area contributed by atoms with Crippen LogP contribution in [0, 0.1) is 6.92 Å². The number of hydrogen-bond acceptors (Lipinski definition) is 3. The van der Waals surface area contributed by atoms with Crippen LogP contribution in [-0.4, -0.2) is 48.9 Å². The lowest BCUT2D eigenvalue weighted by Crippen LogP contribution is -2.39. The van der Waals surface area contributed by atoms with E-state index >= 15 is 0 Å². The van der Waals surface area contributed by atoms with Crippen molar-refractivity contribution in [3.63, 3.8) is 0 Å². The smallest absolute Gasteiger partial charge is 0.416 e. The molecule has 0 aliphatic carbocycles. The van der Waals surface area contributed by atoms with Gasteiger partial charge in [-0.3, -0.25) is 4.90 Å². The van der Waals surface area contributed by atoms with Gasteiger partial charge in [0.1, 0.15) is 0 Å². The van der Waals surface area contributed by atoms with Gasteiger partial charge in [-0.15, -0.1) is 0 Å². The molecule has 0 spiro atoms. The third-order valence-electron chi connectivity index (χ3n) is 7.00. The zero-order valence-corrected chi connectivity index (χ0v) is 20.3. The van der Waals surface area contributed by atoms with Crippen molar-refractivity contribution >= 4 is 17.5 Å². The maximum Gasteiger partial charge on any atom is 0.416 e. The van der Waals surface area contributed by atoms with Crippen LogP contribution in [0.5, 0.6) is 0 Å². The van der Waals surface area contributed by atoms with E-state index in [1.807, 2.05) is 6.07 Å². The summed E-state index contributed by atoms with van der Waals surface area (Å²) in [5.74, 6) is 0. The van der Waals surface area contributed by atoms with E-state index in [1.54, 1.807) is 0 Å². The highest BCUT2D eigenvalue weighted by molar-refractivity contribution is 6.00. The topological polar surface area (TPSA) is 53.0 Å². The number of carboxylic acid groups (broad SMARTS) is 1. The third kappa shape index (κ3) is 3.93. The summed E-state index contributed by atoms with van der Waals surface area (Å²) in [7, 11) is 0. The third-order valence-corrected chi connectivity index (χ3v) is 7.00. The first-order valence-electron chi connectivity index (χ1n) is 11.6. The first kappa shape index (κ1) is 22.8. The number of ether oxygens (including phenoxy) is 1. The Morgan fingerprint density at radius 3 is 2.41 bits per heavy atom. The Labute approximate surface area is 192 Å². The Morgan fingerprint density at radius 1 is 1.09 bits per heavy atom. The highest BCUT2D eigenvalue weighted by Gasteiger charge is 2.42. The molecular weight excluding hydrogens is 400 g/mol. The maximum absolute atomic E-state index is 12.6. The van der Waals surface area contributed by atoms with E-state index in [2.05, 4.69) is 70.7 Å². The normalized spacial score (nSPS) is 18.2. The molecule has 1 amide bonds. The molecule has 0 radical (unpaired) electrons. The number of amides is 1. The molecule has 0 aromatic heterocycles. The van der Waals surface area contributed by atoms with E-state index in [0.29, 0.717) is 0 Å². The van der Waals surface area contributed by atoms with Crippen LogP contribution in [-0.2, 0) is 22.0 Å². The van der Waals surface area contributed by atoms with Gasteiger partial charge in [0, 0.05) is 25.0 Å². The minimum atomic E-state index is -0.933. The first-order valence-corrected chi connectivity index (χ1v) is 11.6. The maximum atomic E-state index is 12.6. The van der Waals surface area contributed by atoms with Gasteiger partial charge in [-0.1, -0.05) is 52.8 Å². The van der Waals surface area contributed by atoms with Gasteiger partial charge in [0.25, 0.3) is 0 Å². The molecule has 2 aromatic carbocycles. The summed E-state index contributed by atoms with van der Waals surface area (Å²) in [5, 5.41) is 10.3. The lowest BCUT2D eigenvalue weighted by Gasteiger charge is -2.43. The average molecular weight is 437 g/mol. The summed E-state index contributed by atoms with van der Waals surface area (Å²) in [6.07, 6.45) is -0.0353. The molecular formula is C27H36N2O3. The molecule has 0 atom stereocenters. The minimum absolute atomic E-state index is 0.0908. The molecule has 1 fully saturated rings. The highest BCUT2D eigenvalue weighted by Crippen LogP contribution is 2.52. The molecule has 172 valence electrons. The quantitative estimate of drug-likeness (QED) is 0.678. The van der Waals surface area contributed by atoms with E-state index in [0.717, 1.165) is 61.8 Å². The fourth-order valence-corrected chi connectivity index (χ4v) is 5.51. The minimum Gasteiger partial charge on any atom is -0.464 e. The summed E-state index contributed by atoms with van der Waals surface area (Å²) >= 11 is 0. The van der Waals surface area contributed by atoms with Crippen molar-refractivity contribution in [2.75, 3.05) is 37.7 Å². The number of hydrogen-bond donors (Lipinski definition) is 1. The molecule has 2 heterocycles. The molecule has 0 bridgehead atoms. The highest BCUT2D eigenvalue weighted by atomic mass is 16.5. The predicted octanol–water partition coefficient (Wildman–Crippen LogP) is 5.62. The van der Waals surface area contributed by atoms with Crippen LogP contribution in [0.25, 0.3) is 0 Å². The standard InChI is InChI=1S/C27H36N2O3/c1-18-7-10-21-24(23(18)26(2,3)4)27(5,6)20-9-8-19(17-22(20)29(21)25(30)31)11-12-28-13-15-32-16-14-28/h7-10,17H,11-16H2,1-6H3,(H,30,31). The van der Waals surface area contributed by atoms with Gasteiger partial charge in [-0.2, -0.15) is 0 Å². The van der Waals surface area contributed by atoms with E-state index in [9.17, 15) is 9.90 Å². The number of rotatable bonds is 3. The van der Waals surface area contributed by atoms with Crippen molar-refractivity contribution in [1.82, 2.24) is 4.90 Å². The molecule has 5 nitrogen and oxygen atoms in total. The molecule has 4 rings (SSSR count). The number of fused-ring (bicyclic) bond motifs is 2. The van der Waals surface area contributed by atoms with Gasteiger partial charge in [0.05, 0.1) is 24.6 Å². The number of anilines is 2. The first-order chi connectivity index (χ1) is 15.0. The van der Waals surface area contributed by atoms with Gasteiger partial charge in [0.15, 0.2) is 0 Å². The summed E-state index contributed by atoms with van der Waals surface area (Å²) in [4.78, 5) is 16.5. The van der Waals surface area contributed by atoms with Crippen molar-refractivity contribution in [2.45, 2.75) is 58.8 Å². The molecule has 0 saturated carbocycles. The molecule has 2 aliphatic heterocycles. The fourth-order valence-electron chi connectivity index (χ4n) is 5.51. The molecule has 32 heavy (non-hydrogen) atoms. The Balaban J connectivity index is 1.80. The van der Waals surface area contributed by atoms with Crippen LogP contribution < -0.4 is 4.90 Å². The predicted molar refractivity (Wildman–Crippen MR) is 130 cm³/mol. The molecule has 1 saturated heterocycles. The Morgan fingerprint density at radius 2 is 1.78 bits per heavy atom. The van der Waals surface area contributed by atoms with E-state index < -0.39 is 6.09 Å². The molecule has 1 N–H and O–H groups in total. The van der Waals surface area contributed by atoms with Gasteiger partial charge in [-0.25, -0.2) is 9.69 Å². The largest absolute Gasteiger partial charge is 0.464 e. The average Bonchev–Trinajstić information content (AvgIpc) is 2.72. The second-order valence-corrected chi connectivity index (χ2v) is 10.7. The van der Waals surface area contributed by atoms with E-state index in [1.165, 1.54) is 21.6 Å². The van der Waals surface area contributed by atoms with Gasteiger partial charge in [0.2, 0.25) is 0 Å². The number of morpholine rings is 1. The van der Waals surface area contributed by atoms with Crippen molar-refractivity contribution in [3.05, 3.63) is 58.1 Å². The van der Waals surface area contributed by atoms with Crippen molar-refractivity contribution < 1.29 is 14.6 Å².